The van der Waals surface area contributed by atoms with E-state index in [1.54, 1.807) is 5.57 Å². The standard InChI is InChI=1S/C7H13N/c1-2-6-5-7(6)3-4-8/h3,6H,2,4-5,8H2,1H3/b7-3-. The van der Waals surface area contributed by atoms with Crippen LogP contribution in [0.15, 0.2) is 11.6 Å². The summed E-state index contributed by atoms with van der Waals surface area (Å²) in [5.74, 6) is 0.901. The van der Waals surface area contributed by atoms with Crippen molar-refractivity contribution < 1.29 is 0 Å². The average Bonchev–Trinajstić information content (AvgIpc) is 2.48. The molecule has 1 heteroatoms. The third kappa shape index (κ3) is 1.10. The lowest BCUT2D eigenvalue weighted by Crippen LogP contribution is -1.92. The van der Waals surface area contributed by atoms with Crippen LogP contribution in [0, 0.1) is 5.92 Å². The van der Waals surface area contributed by atoms with Crippen molar-refractivity contribution >= 4 is 0 Å². The molecule has 0 aromatic carbocycles. The fourth-order valence-electron chi connectivity index (χ4n) is 1.03. The van der Waals surface area contributed by atoms with Crippen LogP contribution < -0.4 is 5.73 Å². The zero-order valence-corrected chi connectivity index (χ0v) is 5.35. The van der Waals surface area contributed by atoms with Crippen molar-refractivity contribution in [2.45, 2.75) is 19.8 Å². The molecule has 1 aliphatic carbocycles. The van der Waals surface area contributed by atoms with Gasteiger partial charge in [0, 0.05) is 6.54 Å². The van der Waals surface area contributed by atoms with Gasteiger partial charge < -0.3 is 5.73 Å². The van der Waals surface area contributed by atoms with Crippen LogP contribution in [0.4, 0.5) is 0 Å². The van der Waals surface area contributed by atoms with Crippen molar-refractivity contribution in [1.82, 2.24) is 0 Å². The lowest BCUT2D eigenvalue weighted by Gasteiger charge is -1.79. The summed E-state index contributed by atoms with van der Waals surface area (Å²) in [7, 11) is 0. The first kappa shape index (κ1) is 5.83. The second kappa shape index (κ2) is 2.31. The number of nitrogens with two attached hydrogens (primary N) is 1. The van der Waals surface area contributed by atoms with E-state index in [9.17, 15) is 0 Å². The van der Waals surface area contributed by atoms with Crippen LogP contribution in [-0.4, -0.2) is 6.54 Å². The Morgan fingerprint density at radius 2 is 2.62 bits per heavy atom. The molecule has 1 unspecified atom stereocenters. The second-order valence-corrected chi connectivity index (χ2v) is 2.32. The molecule has 0 radical (unpaired) electrons. The van der Waals surface area contributed by atoms with Gasteiger partial charge in [0.2, 0.25) is 0 Å². The first-order valence-electron chi connectivity index (χ1n) is 3.27. The number of allylic oxidation sites excluding steroid dienone is 1. The molecule has 2 N–H and O–H groups in total. The zero-order chi connectivity index (χ0) is 5.98. The summed E-state index contributed by atoms with van der Waals surface area (Å²) in [6.07, 6.45) is 4.76. The first-order chi connectivity index (χ1) is 3.88. The van der Waals surface area contributed by atoms with Crippen molar-refractivity contribution in [2.24, 2.45) is 11.7 Å². The Morgan fingerprint density at radius 3 is 3.00 bits per heavy atom. The molecular formula is C7H13N. The van der Waals surface area contributed by atoms with Gasteiger partial charge in [0.25, 0.3) is 0 Å². The molecule has 1 fully saturated rings. The van der Waals surface area contributed by atoms with Crippen molar-refractivity contribution in [2.75, 3.05) is 6.54 Å². The molecule has 0 amide bonds. The third-order valence-corrected chi connectivity index (χ3v) is 1.72. The van der Waals surface area contributed by atoms with Gasteiger partial charge in [-0.1, -0.05) is 18.6 Å². The summed E-state index contributed by atoms with van der Waals surface area (Å²) in [6.45, 7) is 2.95. The molecule has 46 valence electrons. The summed E-state index contributed by atoms with van der Waals surface area (Å²) >= 11 is 0. The monoisotopic (exact) mass is 111 g/mol. The van der Waals surface area contributed by atoms with Crippen LogP contribution in [0.2, 0.25) is 0 Å². The molecule has 1 aliphatic rings. The fourth-order valence-corrected chi connectivity index (χ4v) is 1.03. The normalized spacial score (nSPS) is 31.2. The lowest BCUT2D eigenvalue weighted by atomic mass is 10.3. The Hall–Kier alpha value is -0.300. The van der Waals surface area contributed by atoms with Crippen LogP contribution in [0.3, 0.4) is 0 Å². The van der Waals surface area contributed by atoms with E-state index < -0.39 is 0 Å². The summed E-state index contributed by atoms with van der Waals surface area (Å²) in [6, 6.07) is 0. The Morgan fingerprint density at radius 1 is 1.88 bits per heavy atom. The van der Waals surface area contributed by atoms with E-state index in [2.05, 4.69) is 13.0 Å². The summed E-state index contributed by atoms with van der Waals surface area (Å²) in [5, 5.41) is 0. The van der Waals surface area contributed by atoms with Gasteiger partial charge in [0.05, 0.1) is 0 Å². The summed E-state index contributed by atoms with van der Waals surface area (Å²) < 4.78 is 0. The molecule has 0 aliphatic heterocycles. The highest BCUT2D eigenvalue weighted by Gasteiger charge is 2.25. The predicted molar refractivity (Wildman–Crippen MR) is 35.5 cm³/mol. The van der Waals surface area contributed by atoms with Gasteiger partial charge in [0.1, 0.15) is 0 Å². The van der Waals surface area contributed by atoms with Gasteiger partial charge in [-0.2, -0.15) is 0 Å². The van der Waals surface area contributed by atoms with E-state index in [0.29, 0.717) is 0 Å². The molecule has 1 saturated carbocycles. The Labute approximate surface area is 50.6 Å². The van der Waals surface area contributed by atoms with Crippen LogP contribution >= 0.6 is 0 Å². The molecule has 1 nitrogen and oxygen atoms in total. The van der Waals surface area contributed by atoms with Crippen LogP contribution in [0.1, 0.15) is 19.8 Å². The molecule has 0 heterocycles. The SMILES string of the molecule is CCC1C/C1=C/CN. The van der Waals surface area contributed by atoms with E-state index in [1.165, 1.54) is 12.8 Å². The second-order valence-electron chi connectivity index (χ2n) is 2.32. The van der Waals surface area contributed by atoms with Crippen LogP contribution in [-0.2, 0) is 0 Å². The lowest BCUT2D eigenvalue weighted by molar-refractivity contribution is 0.825. The molecule has 8 heavy (non-hydrogen) atoms. The van der Waals surface area contributed by atoms with Gasteiger partial charge in [-0.05, 0) is 18.8 Å². The maximum absolute atomic E-state index is 5.31. The van der Waals surface area contributed by atoms with E-state index in [0.717, 1.165) is 12.5 Å². The minimum atomic E-state index is 0.728. The van der Waals surface area contributed by atoms with Crippen molar-refractivity contribution in [1.29, 1.82) is 0 Å². The van der Waals surface area contributed by atoms with Crippen molar-refractivity contribution in [3.63, 3.8) is 0 Å². The van der Waals surface area contributed by atoms with Crippen molar-refractivity contribution in [3.8, 4) is 0 Å². The quantitative estimate of drug-likeness (QED) is 0.534. The minimum absolute atomic E-state index is 0.728. The fraction of sp³-hybridized carbons (Fsp3) is 0.714. The first-order valence-corrected chi connectivity index (χ1v) is 3.27. The maximum atomic E-state index is 5.31. The third-order valence-electron chi connectivity index (χ3n) is 1.72. The molecule has 0 bridgehead atoms. The van der Waals surface area contributed by atoms with Gasteiger partial charge in [-0.25, -0.2) is 0 Å². The van der Waals surface area contributed by atoms with E-state index in [4.69, 9.17) is 5.73 Å². The number of hydrogen-bond acceptors (Lipinski definition) is 1. The topological polar surface area (TPSA) is 26.0 Å². The van der Waals surface area contributed by atoms with E-state index in [-0.39, 0.29) is 0 Å². The maximum Gasteiger partial charge on any atom is 0.0109 e. The van der Waals surface area contributed by atoms with E-state index in [1.807, 2.05) is 0 Å². The Kier molecular flexibility index (Phi) is 1.69. The molecule has 0 aromatic heterocycles. The average molecular weight is 111 g/mol. The van der Waals surface area contributed by atoms with Crippen molar-refractivity contribution in [3.05, 3.63) is 11.6 Å². The molecule has 0 spiro atoms. The molecule has 1 atom stereocenters. The molecule has 0 saturated heterocycles. The highest BCUT2D eigenvalue weighted by atomic mass is 14.5. The van der Waals surface area contributed by atoms with Gasteiger partial charge in [0.15, 0.2) is 0 Å². The summed E-state index contributed by atoms with van der Waals surface area (Å²) in [4.78, 5) is 0. The largest absolute Gasteiger partial charge is 0.327 e. The molecule has 1 rings (SSSR count). The molecule has 0 aromatic rings. The Bertz CT molecular complexity index is 105. The minimum Gasteiger partial charge on any atom is -0.327 e. The van der Waals surface area contributed by atoms with Gasteiger partial charge in [-0.15, -0.1) is 0 Å². The smallest absolute Gasteiger partial charge is 0.0109 e. The highest BCUT2D eigenvalue weighted by Crippen LogP contribution is 2.39. The Balaban J connectivity index is 2.25. The van der Waals surface area contributed by atoms with Gasteiger partial charge >= 0.3 is 0 Å². The number of rotatable bonds is 2. The van der Waals surface area contributed by atoms with Crippen LogP contribution in [0.25, 0.3) is 0 Å². The molecular weight excluding hydrogens is 98.1 g/mol. The van der Waals surface area contributed by atoms with Crippen LogP contribution in [0.5, 0.6) is 0 Å². The highest BCUT2D eigenvalue weighted by molar-refractivity contribution is 5.22. The summed E-state index contributed by atoms with van der Waals surface area (Å²) in [5.41, 5.74) is 6.89. The number of hydrogen-bond donors (Lipinski definition) is 1. The van der Waals surface area contributed by atoms with Gasteiger partial charge in [-0.3, -0.25) is 0 Å². The zero-order valence-electron chi connectivity index (χ0n) is 5.35. The predicted octanol–water partition coefficient (Wildman–Crippen LogP) is 1.30. The van der Waals surface area contributed by atoms with E-state index >= 15 is 0 Å².